The molecule has 4 aromatic rings. The Balaban J connectivity index is 1.32. The summed E-state index contributed by atoms with van der Waals surface area (Å²) < 4.78 is 7.54. The van der Waals surface area contributed by atoms with E-state index in [1.807, 2.05) is 12.1 Å². The van der Waals surface area contributed by atoms with Crippen LogP contribution in [0.4, 0.5) is 5.82 Å². The van der Waals surface area contributed by atoms with Gasteiger partial charge in [0.2, 0.25) is 0 Å². The van der Waals surface area contributed by atoms with Crippen molar-refractivity contribution in [2.75, 3.05) is 24.5 Å². The summed E-state index contributed by atoms with van der Waals surface area (Å²) >= 11 is 0. The number of hydrogen-bond acceptors (Lipinski definition) is 6. The second-order valence-electron chi connectivity index (χ2n) is 9.46. The summed E-state index contributed by atoms with van der Waals surface area (Å²) in [6.45, 7) is 6.37. The number of furan rings is 1. The van der Waals surface area contributed by atoms with Crippen molar-refractivity contribution in [2.45, 2.75) is 45.7 Å². The second kappa shape index (κ2) is 9.19. The minimum Gasteiger partial charge on any atom is -0.461 e. The van der Waals surface area contributed by atoms with Crippen molar-refractivity contribution in [2.24, 2.45) is 0 Å². The molecule has 1 saturated heterocycles. The van der Waals surface area contributed by atoms with Crippen molar-refractivity contribution >= 4 is 5.82 Å². The van der Waals surface area contributed by atoms with Gasteiger partial charge in [-0.1, -0.05) is 18.2 Å². The van der Waals surface area contributed by atoms with Crippen molar-refractivity contribution in [3.63, 3.8) is 0 Å². The molecule has 6 rings (SSSR count). The van der Waals surface area contributed by atoms with Crippen LogP contribution in [0.1, 0.15) is 41.8 Å². The molecule has 2 aliphatic rings. The fourth-order valence-electron chi connectivity index (χ4n) is 5.28. The molecule has 2 aliphatic heterocycles. The van der Waals surface area contributed by atoms with Crippen LogP contribution in [-0.4, -0.2) is 44.3 Å². The standard InChI is InChI=1S/C27H30N6O2/c1-19-21(27(32-13-6-3-7-14-32)33(30-19)20-9-4-2-5-10-20)17-31-15-12-23-22(18-31)26(34)29-25(28-23)24-11-8-16-35-24/h2,4-5,8-11,16H,3,6-7,12-15,17-18H2,1H3,(H,28,29,34). The van der Waals surface area contributed by atoms with Gasteiger partial charge in [-0.3, -0.25) is 9.69 Å². The van der Waals surface area contributed by atoms with Gasteiger partial charge in [-0.2, -0.15) is 5.10 Å². The summed E-state index contributed by atoms with van der Waals surface area (Å²) in [5.74, 6) is 2.28. The van der Waals surface area contributed by atoms with Gasteiger partial charge < -0.3 is 14.3 Å². The fraction of sp³-hybridized carbons (Fsp3) is 0.370. The normalized spacial score (nSPS) is 16.4. The molecule has 1 N–H and O–H groups in total. The van der Waals surface area contributed by atoms with E-state index in [1.165, 1.54) is 30.6 Å². The number of aryl methyl sites for hydroxylation is 1. The van der Waals surface area contributed by atoms with Crippen molar-refractivity contribution in [3.05, 3.63) is 81.6 Å². The van der Waals surface area contributed by atoms with Crippen LogP contribution in [0.3, 0.4) is 0 Å². The predicted molar refractivity (Wildman–Crippen MR) is 135 cm³/mol. The fourth-order valence-corrected chi connectivity index (χ4v) is 5.28. The molecule has 1 aromatic carbocycles. The molecule has 0 radical (unpaired) electrons. The Morgan fingerprint density at radius 1 is 1.03 bits per heavy atom. The Hall–Kier alpha value is -3.65. The molecule has 0 aliphatic carbocycles. The maximum absolute atomic E-state index is 13.0. The third-order valence-corrected chi connectivity index (χ3v) is 7.10. The van der Waals surface area contributed by atoms with E-state index in [0.29, 0.717) is 18.1 Å². The molecule has 0 unspecified atom stereocenters. The summed E-state index contributed by atoms with van der Waals surface area (Å²) in [7, 11) is 0. The molecule has 8 heteroatoms. The van der Waals surface area contributed by atoms with E-state index >= 15 is 0 Å². The Morgan fingerprint density at radius 3 is 2.63 bits per heavy atom. The van der Waals surface area contributed by atoms with E-state index in [-0.39, 0.29) is 5.56 Å². The van der Waals surface area contributed by atoms with Crippen LogP contribution in [0.25, 0.3) is 17.3 Å². The van der Waals surface area contributed by atoms with Gasteiger partial charge in [0.15, 0.2) is 11.6 Å². The van der Waals surface area contributed by atoms with E-state index in [0.717, 1.165) is 55.2 Å². The highest BCUT2D eigenvalue weighted by atomic mass is 16.3. The molecule has 1 fully saturated rings. The molecule has 0 saturated carbocycles. The van der Waals surface area contributed by atoms with Crippen LogP contribution in [0.15, 0.2) is 57.9 Å². The first-order chi connectivity index (χ1) is 17.2. The number of rotatable bonds is 5. The van der Waals surface area contributed by atoms with Gasteiger partial charge >= 0.3 is 0 Å². The zero-order valence-electron chi connectivity index (χ0n) is 20.0. The van der Waals surface area contributed by atoms with E-state index in [4.69, 9.17) is 14.5 Å². The third kappa shape index (κ3) is 4.18. The van der Waals surface area contributed by atoms with Crippen molar-refractivity contribution in [3.8, 4) is 17.3 Å². The molecular weight excluding hydrogens is 440 g/mol. The maximum atomic E-state index is 13.0. The average molecular weight is 471 g/mol. The Bertz CT molecular complexity index is 1370. The lowest BCUT2D eigenvalue weighted by Gasteiger charge is -2.32. The Kier molecular flexibility index (Phi) is 5.74. The van der Waals surface area contributed by atoms with Gasteiger partial charge in [-0.05, 0) is 50.5 Å². The third-order valence-electron chi connectivity index (χ3n) is 7.10. The largest absolute Gasteiger partial charge is 0.461 e. The lowest BCUT2D eigenvalue weighted by atomic mass is 10.0. The quantitative estimate of drug-likeness (QED) is 0.473. The topological polar surface area (TPSA) is 83.2 Å². The first-order valence-electron chi connectivity index (χ1n) is 12.4. The zero-order valence-corrected chi connectivity index (χ0v) is 20.0. The average Bonchev–Trinajstić information content (AvgIpc) is 3.54. The molecule has 0 bridgehead atoms. The molecule has 5 heterocycles. The number of nitrogens with zero attached hydrogens (tertiary/aromatic N) is 5. The number of aromatic nitrogens is 4. The monoisotopic (exact) mass is 470 g/mol. The summed E-state index contributed by atoms with van der Waals surface area (Å²) in [5.41, 5.74) is 4.90. The van der Waals surface area contributed by atoms with Gasteiger partial charge in [0.05, 0.1) is 28.9 Å². The van der Waals surface area contributed by atoms with Crippen molar-refractivity contribution in [1.82, 2.24) is 24.6 Å². The summed E-state index contributed by atoms with van der Waals surface area (Å²) in [5, 5.41) is 4.98. The van der Waals surface area contributed by atoms with E-state index < -0.39 is 0 Å². The number of benzene rings is 1. The van der Waals surface area contributed by atoms with Crippen LogP contribution in [0, 0.1) is 6.92 Å². The van der Waals surface area contributed by atoms with Gasteiger partial charge in [0.25, 0.3) is 5.56 Å². The smallest absolute Gasteiger partial charge is 0.256 e. The molecule has 0 amide bonds. The lowest BCUT2D eigenvalue weighted by Crippen LogP contribution is -2.36. The number of hydrogen-bond donors (Lipinski definition) is 1. The highest BCUT2D eigenvalue weighted by Crippen LogP contribution is 2.32. The molecule has 8 nitrogen and oxygen atoms in total. The number of nitrogens with one attached hydrogen (secondary N) is 1. The summed E-state index contributed by atoms with van der Waals surface area (Å²) in [6.07, 6.45) is 6.01. The van der Waals surface area contributed by atoms with Crippen LogP contribution in [-0.2, 0) is 19.5 Å². The molecule has 180 valence electrons. The van der Waals surface area contributed by atoms with Gasteiger partial charge in [0.1, 0.15) is 5.82 Å². The number of anilines is 1. The Morgan fingerprint density at radius 2 is 1.86 bits per heavy atom. The second-order valence-corrected chi connectivity index (χ2v) is 9.46. The number of fused-ring (bicyclic) bond motifs is 1. The minimum absolute atomic E-state index is 0.0842. The van der Waals surface area contributed by atoms with E-state index in [9.17, 15) is 4.79 Å². The summed E-state index contributed by atoms with van der Waals surface area (Å²) in [4.78, 5) is 25.4. The molecular formula is C27H30N6O2. The van der Waals surface area contributed by atoms with Crippen molar-refractivity contribution in [1.29, 1.82) is 0 Å². The SMILES string of the molecule is Cc1nn(-c2ccccc2)c(N2CCCCC2)c1CN1CCc2nc(-c3ccco3)[nH]c(=O)c2C1. The highest BCUT2D eigenvalue weighted by molar-refractivity contribution is 5.56. The molecule has 0 atom stereocenters. The molecule has 35 heavy (non-hydrogen) atoms. The predicted octanol–water partition coefficient (Wildman–Crippen LogP) is 4.07. The van der Waals surface area contributed by atoms with Gasteiger partial charge in [-0.25, -0.2) is 9.67 Å². The maximum Gasteiger partial charge on any atom is 0.256 e. The Labute approximate surface area is 204 Å². The van der Waals surface area contributed by atoms with E-state index in [2.05, 4.69) is 50.7 Å². The van der Waals surface area contributed by atoms with Crippen LogP contribution in [0.5, 0.6) is 0 Å². The zero-order chi connectivity index (χ0) is 23.8. The number of para-hydroxylation sites is 1. The van der Waals surface area contributed by atoms with Crippen LogP contribution < -0.4 is 10.5 Å². The van der Waals surface area contributed by atoms with E-state index in [1.54, 1.807) is 12.3 Å². The number of H-pyrrole nitrogens is 1. The van der Waals surface area contributed by atoms with Crippen LogP contribution in [0.2, 0.25) is 0 Å². The lowest BCUT2D eigenvalue weighted by molar-refractivity contribution is 0.241. The summed E-state index contributed by atoms with van der Waals surface area (Å²) in [6, 6.07) is 14.0. The highest BCUT2D eigenvalue weighted by Gasteiger charge is 2.27. The number of aromatic amines is 1. The minimum atomic E-state index is -0.0842. The van der Waals surface area contributed by atoms with Gasteiger partial charge in [0, 0.05) is 44.7 Å². The first kappa shape index (κ1) is 21.9. The van der Waals surface area contributed by atoms with Crippen molar-refractivity contribution < 1.29 is 4.42 Å². The number of piperidine rings is 1. The first-order valence-corrected chi connectivity index (χ1v) is 12.4. The van der Waals surface area contributed by atoms with Crippen LogP contribution >= 0.6 is 0 Å². The molecule has 3 aromatic heterocycles. The molecule has 0 spiro atoms. The van der Waals surface area contributed by atoms with Gasteiger partial charge in [-0.15, -0.1) is 0 Å².